The Hall–Kier alpha value is -1.36. The van der Waals surface area contributed by atoms with Crippen LogP contribution in [0.25, 0.3) is 0 Å². The fourth-order valence-corrected chi connectivity index (χ4v) is 0.878. The molecule has 0 aliphatic heterocycles. The molecule has 12 heavy (non-hydrogen) atoms. The molecule has 1 aromatic rings. The third kappa shape index (κ3) is 2.06. The zero-order valence-corrected chi connectivity index (χ0v) is 6.78. The lowest BCUT2D eigenvalue weighted by Crippen LogP contribution is -2.33. The molecule has 1 heterocycles. The maximum absolute atomic E-state index is 10.9. The monoisotopic (exact) mass is 169 g/mol. The molecule has 0 saturated carbocycles. The number of ether oxygens (including phenoxy) is 1. The third-order valence-corrected chi connectivity index (χ3v) is 1.51. The number of nitrogens with two attached hydrogens (primary N) is 1. The highest BCUT2D eigenvalue weighted by molar-refractivity contribution is 5.75. The minimum absolute atomic E-state index is 0.406. The highest BCUT2D eigenvalue weighted by Gasteiger charge is 2.14. The molecule has 0 aliphatic rings. The number of nitrogens with zero attached hydrogens (tertiary/aromatic N) is 1. The number of carbonyl (C=O) groups excluding carboxylic acids is 1. The van der Waals surface area contributed by atoms with Crippen LogP contribution in [0.3, 0.4) is 0 Å². The van der Waals surface area contributed by atoms with E-state index in [1.165, 1.54) is 7.11 Å². The van der Waals surface area contributed by atoms with Crippen LogP contribution in [0.15, 0.2) is 12.4 Å². The first-order chi connectivity index (χ1) is 5.74. The van der Waals surface area contributed by atoms with E-state index in [0.29, 0.717) is 6.42 Å². The lowest BCUT2D eigenvalue weighted by molar-refractivity contribution is -0.142. The normalized spacial score (nSPS) is 12.5. The van der Waals surface area contributed by atoms with Crippen LogP contribution >= 0.6 is 0 Å². The quantitative estimate of drug-likeness (QED) is 0.595. The summed E-state index contributed by atoms with van der Waals surface area (Å²) >= 11 is 0. The summed E-state index contributed by atoms with van der Waals surface area (Å²) in [5.74, 6) is -0.406. The van der Waals surface area contributed by atoms with Gasteiger partial charge in [0.25, 0.3) is 0 Å². The van der Waals surface area contributed by atoms with Crippen molar-refractivity contribution in [3.05, 3.63) is 18.0 Å². The molecule has 0 fully saturated rings. The number of hydrogen-bond acceptors (Lipinski definition) is 4. The minimum atomic E-state index is -0.604. The predicted octanol–water partition coefficient (Wildman–Crippen LogP) is -0.548. The lowest BCUT2D eigenvalue weighted by atomic mass is 10.1. The first-order valence-corrected chi connectivity index (χ1v) is 3.55. The van der Waals surface area contributed by atoms with E-state index in [2.05, 4.69) is 14.9 Å². The average molecular weight is 169 g/mol. The Bertz CT molecular complexity index is 245. The van der Waals surface area contributed by atoms with Gasteiger partial charge in [0.05, 0.1) is 13.3 Å². The van der Waals surface area contributed by atoms with Crippen LogP contribution in [0, 0.1) is 0 Å². The summed E-state index contributed by atoms with van der Waals surface area (Å²) in [6, 6.07) is -0.604. The van der Waals surface area contributed by atoms with Crippen molar-refractivity contribution in [2.75, 3.05) is 7.11 Å². The molecule has 1 atom stereocenters. The number of hydrogen-bond donors (Lipinski definition) is 2. The summed E-state index contributed by atoms with van der Waals surface area (Å²) in [5, 5.41) is 6.36. The van der Waals surface area contributed by atoms with Crippen molar-refractivity contribution in [3.63, 3.8) is 0 Å². The maximum atomic E-state index is 10.9. The van der Waals surface area contributed by atoms with Gasteiger partial charge in [-0.1, -0.05) is 0 Å². The zero-order valence-electron chi connectivity index (χ0n) is 6.78. The largest absolute Gasteiger partial charge is 0.468 e. The molecule has 66 valence electrons. The van der Waals surface area contributed by atoms with E-state index in [9.17, 15) is 4.79 Å². The zero-order chi connectivity index (χ0) is 8.97. The fraction of sp³-hybridized carbons (Fsp3) is 0.429. The van der Waals surface area contributed by atoms with Crippen molar-refractivity contribution in [1.82, 2.24) is 10.2 Å². The molecule has 0 aliphatic carbocycles. The molecule has 0 amide bonds. The van der Waals surface area contributed by atoms with Gasteiger partial charge < -0.3 is 10.5 Å². The van der Waals surface area contributed by atoms with Gasteiger partial charge in [0.2, 0.25) is 0 Å². The number of carbonyl (C=O) groups is 1. The number of aromatic nitrogens is 2. The number of rotatable bonds is 3. The lowest BCUT2D eigenvalue weighted by Gasteiger charge is -2.06. The minimum Gasteiger partial charge on any atom is -0.468 e. The molecule has 0 unspecified atom stereocenters. The number of esters is 1. The van der Waals surface area contributed by atoms with Crippen LogP contribution in [-0.4, -0.2) is 29.3 Å². The predicted molar refractivity (Wildman–Crippen MR) is 42.3 cm³/mol. The molecule has 1 aromatic heterocycles. The van der Waals surface area contributed by atoms with Gasteiger partial charge in [0, 0.05) is 12.6 Å². The number of nitrogens with one attached hydrogen (secondary N) is 1. The highest BCUT2D eigenvalue weighted by Crippen LogP contribution is 1.99. The fourth-order valence-electron chi connectivity index (χ4n) is 0.878. The van der Waals surface area contributed by atoms with Crippen molar-refractivity contribution >= 4 is 5.97 Å². The van der Waals surface area contributed by atoms with Gasteiger partial charge in [-0.05, 0) is 5.56 Å². The van der Waals surface area contributed by atoms with Gasteiger partial charge in [-0.25, -0.2) is 0 Å². The van der Waals surface area contributed by atoms with Crippen molar-refractivity contribution < 1.29 is 9.53 Å². The number of methoxy groups -OCH3 is 1. The van der Waals surface area contributed by atoms with E-state index in [4.69, 9.17) is 5.73 Å². The first-order valence-electron chi connectivity index (χ1n) is 3.55. The van der Waals surface area contributed by atoms with E-state index in [-0.39, 0.29) is 0 Å². The second kappa shape index (κ2) is 3.87. The van der Waals surface area contributed by atoms with Gasteiger partial charge in [-0.3, -0.25) is 9.89 Å². The van der Waals surface area contributed by atoms with Crippen molar-refractivity contribution in [3.8, 4) is 0 Å². The van der Waals surface area contributed by atoms with Crippen LogP contribution < -0.4 is 5.73 Å². The summed E-state index contributed by atoms with van der Waals surface area (Å²) in [6.45, 7) is 0. The smallest absolute Gasteiger partial charge is 0.322 e. The Morgan fingerprint density at radius 1 is 1.92 bits per heavy atom. The Labute approximate surface area is 69.9 Å². The van der Waals surface area contributed by atoms with Gasteiger partial charge in [-0.15, -0.1) is 0 Å². The van der Waals surface area contributed by atoms with Crippen LogP contribution in [0.1, 0.15) is 5.56 Å². The molecule has 0 saturated heterocycles. The third-order valence-electron chi connectivity index (χ3n) is 1.51. The number of aromatic amines is 1. The van der Waals surface area contributed by atoms with Crippen molar-refractivity contribution in [1.29, 1.82) is 0 Å². The standard InChI is InChI=1S/C7H11N3O2/c1-12-7(11)6(8)2-5-3-9-10-4-5/h3-4,6H,2,8H2,1H3,(H,9,10)/t6-/m1/s1. The Balaban J connectivity index is 2.47. The van der Waals surface area contributed by atoms with Crippen LogP contribution in [0.2, 0.25) is 0 Å². The molecule has 3 N–H and O–H groups in total. The van der Waals surface area contributed by atoms with E-state index in [1.54, 1.807) is 12.4 Å². The molecule has 5 nitrogen and oxygen atoms in total. The Morgan fingerprint density at radius 3 is 3.17 bits per heavy atom. The summed E-state index contributed by atoms with van der Waals surface area (Å²) in [7, 11) is 1.32. The topological polar surface area (TPSA) is 81.0 Å². The van der Waals surface area contributed by atoms with E-state index >= 15 is 0 Å². The van der Waals surface area contributed by atoms with E-state index in [0.717, 1.165) is 5.56 Å². The van der Waals surface area contributed by atoms with Crippen LogP contribution in [-0.2, 0) is 16.0 Å². The van der Waals surface area contributed by atoms with Crippen molar-refractivity contribution in [2.24, 2.45) is 5.73 Å². The van der Waals surface area contributed by atoms with Gasteiger partial charge >= 0.3 is 5.97 Å². The molecule has 0 radical (unpaired) electrons. The van der Waals surface area contributed by atoms with Crippen molar-refractivity contribution in [2.45, 2.75) is 12.5 Å². The Kier molecular flexibility index (Phi) is 2.82. The summed E-state index contributed by atoms with van der Waals surface area (Å²) in [4.78, 5) is 10.9. The maximum Gasteiger partial charge on any atom is 0.322 e. The van der Waals surface area contributed by atoms with Crippen LogP contribution in [0.4, 0.5) is 0 Å². The van der Waals surface area contributed by atoms with Gasteiger partial charge in [-0.2, -0.15) is 5.10 Å². The van der Waals surface area contributed by atoms with E-state index in [1.807, 2.05) is 0 Å². The Morgan fingerprint density at radius 2 is 2.67 bits per heavy atom. The summed E-state index contributed by atoms with van der Waals surface area (Å²) in [5.41, 5.74) is 6.40. The molecular weight excluding hydrogens is 158 g/mol. The first kappa shape index (κ1) is 8.73. The molecule has 5 heteroatoms. The molecule has 0 bridgehead atoms. The van der Waals surface area contributed by atoms with Gasteiger partial charge in [0.15, 0.2) is 0 Å². The second-order valence-electron chi connectivity index (χ2n) is 2.44. The molecule has 1 rings (SSSR count). The number of H-pyrrole nitrogens is 1. The SMILES string of the molecule is COC(=O)[C@H](N)Cc1cn[nH]c1. The summed E-state index contributed by atoms with van der Waals surface area (Å²) < 4.78 is 4.47. The molecule has 0 aromatic carbocycles. The van der Waals surface area contributed by atoms with Gasteiger partial charge in [0.1, 0.15) is 6.04 Å². The highest BCUT2D eigenvalue weighted by atomic mass is 16.5. The second-order valence-corrected chi connectivity index (χ2v) is 2.44. The van der Waals surface area contributed by atoms with E-state index < -0.39 is 12.0 Å². The average Bonchev–Trinajstić information content (AvgIpc) is 2.55. The van der Waals surface area contributed by atoms with Crippen LogP contribution in [0.5, 0.6) is 0 Å². The molecular formula is C7H11N3O2. The summed E-state index contributed by atoms with van der Waals surface area (Å²) in [6.07, 6.45) is 3.77. The molecule has 0 spiro atoms.